The molecule has 1 aromatic carbocycles. The number of aryl methyl sites for hydroxylation is 2. The number of halogens is 1. The Morgan fingerprint density at radius 3 is 2.64 bits per heavy atom. The fraction of sp³-hybridized carbons (Fsp3) is 0.375. The molecule has 0 aliphatic heterocycles. The van der Waals surface area contributed by atoms with Crippen LogP contribution in [0.5, 0.6) is 0 Å². The van der Waals surface area contributed by atoms with Crippen molar-refractivity contribution in [2.75, 3.05) is 7.05 Å². The highest BCUT2D eigenvalue weighted by atomic mass is 32.1. The van der Waals surface area contributed by atoms with Crippen LogP contribution in [0.15, 0.2) is 30.5 Å². The third-order valence-electron chi connectivity index (χ3n) is 3.48. The fourth-order valence-corrected chi connectivity index (χ4v) is 2.26. The number of nitrogens with one attached hydrogen (secondary N) is 1. The van der Waals surface area contributed by atoms with Crippen LogP contribution in [0.25, 0.3) is 0 Å². The summed E-state index contributed by atoms with van der Waals surface area (Å²) in [5, 5.41) is 8.28. The van der Waals surface area contributed by atoms with Crippen LogP contribution in [-0.4, -0.2) is 26.8 Å². The predicted octanol–water partition coefficient (Wildman–Crippen LogP) is 2.86. The maximum Gasteiger partial charge on any atom is 0.169 e. The molecule has 118 valence electrons. The molecule has 4 nitrogen and oxygen atoms in total. The zero-order valence-corrected chi connectivity index (χ0v) is 14.0. The van der Waals surface area contributed by atoms with Gasteiger partial charge in [0.25, 0.3) is 0 Å². The molecule has 0 saturated heterocycles. The molecular weight excluding hydrogens is 299 g/mol. The molecule has 1 heterocycles. The summed E-state index contributed by atoms with van der Waals surface area (Å²) in [6.07, 6.45) is 2.05. The average molecular weight is 320 g/mol. The molecule has 0 aliphatic rings. The minimum Gasteiger partial charge on any atom is -0.358 e. The van der Waals surface area contributed by atoms with E-state index in [0.717, 1.165) is 23.4 Å². The van der Waals surface area contributed by atoms with E-state index in [1.54, 1.807) is 12.1 Å². The van der Waals surface area contributed by atoms with E-state index in [-0.39, 0.29) is 5.82 Å². The number of thiocarbonyl (C=S) groups is 1. The number of benzene rings is 1. The molecule has 0 saturated carbocycles. The molecule has 0 aliphatic carbocycles. The van der Waals surface area contributed by atoms with Crippen LogP contribution in [0, 0.1) is 12.7 Å². The van der Waals surface area contributed by atoms with E-state index in [4.69, 9.17) is 12.2 Å². The Hall–Kier alpha value is -1.95. The highest BCUT2D eigenvalue weighted by Crippen LogP contribution is 2.09. The van der Waals surface area contributed by atoms with E-state index in [1.807, 2.05) is 23.6 Å². The van der Waals surface area contributed by atoms with E-state index in [1.165, 1.54) is 12.1 Å². The van der Waals surface area contributed by atoms with E-state index in [2.05, 4.69) is 23.5 Å². The van der Waals surface area contributed by atoms with Crippen molar-refractivity contribution in [1.82, 2.24) is 20.0 Å². The summed E-state index contributed by atoms with van der Waals surface area (Å²) in [4.78, 5) is 1.98. The molecular formula is C16H21FN4S. The maximum absolute atomic E-state index is 12.9. The Morgan fingerprint density at radius 2 is 2.05 bits per heavy atom. The number of nitrogens with zero attached hydrogens (tertiary/aromatic N) is 3. The van der Waals surface area contributed by atoms with Crippen LogP contribution in [0.3, 0.4) is 0 Å². The van der Waals surface area contributed by atoms with Crippen molar-refractivity contribution >= 4 is 17.3 Å². The first-order chi connectivity index (χ1) is 10.5. The van der Waals surface area contributed by atoms with Gasteiger partial charge in [0.15, 0.2) is 5.11 Å². The minimum absolute atomic E-state index is 0.230. The molecule has 0 bridgehead atoms. The molecule has 0 amide bonds. The van der Waals surface area contributed by atoms with Crippen molar-refractivity contribution < 1.29 is 4.39 Å². The normalized spacial score (nSPS) is 10.5. The summed E-state index contributed by atoms with van der Waals surface area (Å²) in [6.45, 7) is 6.22. The van der Waals surface area contributed by atoms with Gasteiger partial charge in [0.05, 0.1) is 5.69 Å². The second-order valence-electron chi connectivity index (χ2n) is 5.24. The molecule has 22 heavy (non-hydrogen) atoms. The van der Waals surface area contributed by atoms with Gasteiger partial charge in [-0.25, -0.2) is 4.39 Å². The zero-order chi connectivity index (χ0) is 16.1. The van der Waals surface area contributed by atoms with Crippen molar-refractivity contribution in [2.45, 2.75) is 33.5 Å². The van der Waals surface area contributed by atoms with Gasteiger partial charge in [-0.15, -0.1) is 0 Å². The first kappa shape index (κ1) is 16.4. The van der Waals surface area contributed by atoms with Gasteiger partial charge >= 0.3 is 0 Å². The standard InChI is InChI=1S/C16H21FN4S/c1-4-21-11-14(12(2)19-21)10-20(3)16(22)18-9-13-5-7-15(17)8-6-13/h5-8,11H,4,9-10H2,1-3H3,(H,18,22). The average Bonchev–Trinajstić information content (AvgIpc) is 2.86. The lowest BCUT2D eigenvalue weighted by Crippen LogP contribution is -2.36. The van der Waals surface area contributed by atoms with Crippen LogP contribution in [-0.2, 0) is 19.6 Å². The van der Waals surface area contributed by atoms with Gasteiger partial charge in [-0.3, -0.25) is 4.68 Å². The second-order valence-corrected chi connectivity index (χ2v) is 5.62. The van der Waals surface area contributed by atoms with E-state index in [9.17, 15) is 4.39 Å². The van der Waals surface area contributed by atoms with Gasteiger partial charge in [-0.05, 0) is 43.8 Å². The second kappa shape index (κ2) is 7.35. The van der Waals surface area contributed by atoms with E-state index < -0.39 is 0 Å². The van der Waals surface area contributed by atoms with Gasteiger partial charge < -0.3 is 10.2 Å². The van der Waals surface area contributed by atoms with Gasteiger partial charge in [0.2, 0.25) is 0 Å². The zero-order valence-electron chi connectivity index (χ0n) is 13.1. The Kier molecular flexibility index (Phi) is 5.49. The van der Waals surface area contributed by atoms with Gasteiger partial charge in [0.1, 0.15) is 5.82 Å². The Labute approximate surface area is 135 Å². The largest absolute Gasteiger partial charge is 0.358 e. The molecule has 1 N–H and O–H groups in total. The van der Waals surface area contributed by atoms with Crippen LogP contribution in [0.4, 0.5) is 4.39 Å². The molecule has 0 fully saturated rings. The Morgan fingerprint density at radius 1 is 1.36 bits per heavy atom. The van der Waals surface area contributed by atoms with E-state index >= 15 is 0 Å². The summed E-state index contributed by atoms with van der Waals surface area (Å²) in [5.74, 6) is -0.230. The van der Waals surface area contributed by atoms with Crippen molar-refractivity contribution in [1.29, 1.82) is 0 Å². The lowest BCUT2D eigenvalue weighted by Gasteiger charge is -2.20. The molecule has 0 radical (unpaired) electrons. The Bertz CT molecular complexity index is 636. The smallest absolute Gasteiger partial charge is 0.169 e. The molecule has 1 aromatic heterocycles. The van der Waals surface area contributed by atoms with Crippen LogP contribution in [0.2, 0.25) is 0 Å². The molecule has 2 rings (SSSR count). The van der Waals surface area contributed by atoms with Gasteiger partial charge in [-0.1, -0.05) is 12.1 Å². The first-order valence-electron chi connectivity index (χ1n) is 7.26. The van der Waals surface area contributed by atoms with Crippen LogP contribution in [0.1, 0.15) is 23.7 Å². The summed E-state index contributed by atoms with van der Waals surface area (Å²) in [6, 6.07) is 6.40. The van der Waals surface area contributed by atoms with Crippen molar-refractivity contribution in [3.63, 3.8) is 0 Å². The predicted molar refractivity (Wildman–Crippen MR) is 89.9 cm³/mol. The molecule has 6 heteroatoms. The molecule has 0 atom stereocenters. The molecule has 0 spiro atoms. The number of hydrogen-bond acceptors (Lipinski definition) is 2. The number of hydrogen-bond donors (Lipinski definition) is 1. The third-order valence-corrected chi connectivity index (χ3v) is 3.94. The summed E-state index contributed by atoms with van der Waals surface area (Å²) < 4.78 is 14.8. The molecule has 2 aromatic rings. The SMILES string of the molecule is CCn1cc(CN(C)C(=S)NCc2ccc(F)cc2)c(C)n1. The van der Waals surface area contributed by atoms with Crippen LogP contribution >= 0.6 is 12.2 Å². The van der Waals surface area contributed by atoms with Crippen LogP contribution < -0.4 is 5.32 Å². The highest BCUT2D eigenvalue weighted by Gasteiger charge is 2.10. The minimum atomic E-state index is -0.230. The number of aromatic nitrogens is 2. The van der Waals surface area contributed by atoms with Crippen molar-refractivity contribution in [2.24, 2.45) is 0 Å². The van der Waals surface area contributed by atoms with Gasteiger partial charge in [-0.2, -0.15) is 5.10 Å². The van der Waals surface area contributed by atoms with Crippen molar-refractivity contribution in [3.8, 4) is 0 Å². The lowest BCUT2D eigenvalue weighted by molar-refractivity contribution is 0.487. The monoisotopic (exact) mass is 320 g/mol. The maximum atomic E-state index is 12.9. The molecule has 0 unspecified atom stereocenters. The summed E-state index contributed by atoms with van der Waals surface area (Å²) in [5.41, 5.74) is 3.18. The highest BCUT2D eigenvalue weighted by molar-refractivity contribution is 7.80. The Balaban J connectivity index is 1.88. The van der Waals surface area contributed by atoms with E-state index in [0.29, 0.717) is 18.2 Å². The lowest BCUT2D eigenvalue weighted by atomic mass is 10.2. The number of rotatable bonds is 5. The summed E-state index contributed by atoms with van der Waals surface area (Å²) >= 11 is 5.39. The summed E-state index contributed by atoms with van der Waals surface area (Å²) in [7, 11) is 1.95. The fourth-order valence-electron chi connectivity index (χ4n) is 2.12. The van der Waals surface area contributed by atoms with Crippen molar-refractivity contribution in [3.05, 3.63) is 53.1 Å². The quantitative estimate of drug-likeness (QED) is 0.859. The third kappa shape index (κ3) is 4.27. The first-order valence-corrected chi connectivity index (χ1v) is 7.66. The van der Waals surface area contributed by atoms with Gasteiger partial charge in [0, 0.05) is 38.4 Å². The topological polar surface area (TPSA) is 33.1 Å².